The lowest BCUT2D eigenvalue weighted by Crippen LogP contribution is -2.57. The van der Waals surface area contributed by atoms with Gasteiger partial charge in [0.05, 0.1) is 11.2 Å². The molecule has 1 aliphatic carbocycles. The molecule has 2 saturated heterocycles. The first-order valence-corrected chi connectivity index (χ1v) is 7.42. The predicted octanol–water partition coefficient (Wildman–Crippen LogP) is 4.68. The minimum atomic E-state index is 0.0247. The first kappa shape index (κ1) is 12.9. The van der Waals surface area contributed by atoms with Gasteiger partial charge in [-0.25, -0.2) is 0 Å². The van der Waals surface area contributed by atoms with Gasteiger partial charge in [-0.05, 0) is 57.4 Å². The summed E-state index contributed by atoms with van der Waals surface area (Å²) in [6, 6.07) is 10.6. The third kappa shape index (κ3) is 2.49. The van der Waals surface area contributed by atoms with Crippen LogP contribution >= 0.6 is 0 Å². The Hall–Kier alpha value is -1.08. The molecule has 4 rings (SSSR count). The topological polar surface area (TPSA) is 9.23 Å². The van der Waals surface area contributed by atoms with E-state index in [-0.39, 0.29) is 11.2 Å². The second kappa shape index (κ2) is 4.49. The van der Waals surface area contributed by atoms with Crippen molar-refractivity contribution in [1.82, 2.24) is 0 Å². The second-order valence-electron chi connectivity index (χ2n) is 6.94. The van der Waals surface area contributed by atoms with Crippen LogP contribution in [0.3, 0.4) is 0 Å². The average Bonchev–Trinajstić information content (AvgIpc) is 2.35. The van der Waals surface area contributed by atoms with Gasteiger partial charge in [0, 0.05) is 0 Å². The van der Waals surface area contributed by atoms with Crippen LogP contribution in [0.25, 0.3) is 6.08 Å². The Labute approximate surface area is 116 Å². The zero-order chi connectivity index (χ0) is 13.5. The molecule has 0 N–H and O–H groups in total. The van der Waals surface area contributed by atoms with Gasteiger partial charge >= 0.3 is 0 Å². The molecule has 0 aromatic heterocycles. The molecular formula is C18H24O. The Morgan fingerprint density at radius 1 is 1.16 bits per heavy atom. The number of rotatable bonds is 2. The monoisotopic (exact) mass is 256 g/mol. The molecule has 2 aliphatic heterocycles. The van der Waals surface area contributed by atoms with Crippen LogP contribution in [0.1, 0.15) is 45.6 Å². The fraction of sp³-hybridized carbons (Fsp3) is 0.556. The van der Waals surface area contributed by atoms with E-state index in [1.54, 1.807) is 0 Å². The van der Waals surface area contributed by atoms with Crippen LogP contribution in [0.4, 0.5) is 0 Å². The summed E-state index contributed by atoms with van der Waals surface area (Å²) in [5.74, 6) is 1.32. The number of hydrogen-bond acceptors (Lipinski definition) is 1. The summed E-state index contributed by atoms with van der Waals surface area (Å²) >= 11 is 0. The number of benzene rings is 1. The highest BCUT2D eigenvalue weighted by atomic mass is 16.5. The zero-order valence-corrected chi connectivity index (χ0v) is 12.2. The second-order valence-corrected chi connectivity index (χ2v) is 6.94. The van der Waals surface area contributed by atoms with Crippen molar-refractivity contribution in [2.75, 3.05) is 0 Å². The van der Waals surface area contributed by atoms with E-state index in [0.717, 1.165) is 0 Å². The van der Waals surface area contributed by atoms with Crippen molar-refractivity contribution in [2.45, 2.75) is 51.2 Å². The van der Waals surface area contributed by atoms with Crippen LogP contribution in [-0.2, 0) is 4.74 Å². The maximum absolute atomic E-state index is 6.31. The van der Waals surface area contributed by atoms with Gasteiger partial charge in [-0.2, -0.15) is 0 Å². The Kier molecular flexibility index (Phi) is 3.05. The van der Waals surface area contributed by atoms with Crippen molar-refractivity contribution in [1.29, 1.82) is 0 Å². The molecule has 1 heteroatoms. The Morgan fingerprint density at radius 2 is 1.89 bits per heavy atom. The molecule has 2 bridgehead atoms. The first-order chi connectivity index (χ1) is 8.99. The molecule has 3 unspecified atom stereocenters. The Balaban J connectivity index is 1.81. The summed E-state index contributed by atoms with van der Waals surface area (Å²) in [4.78, 5) is 0. The van der Waals surface area contributed by atoms with Crippen LogP contribution < -0.4 is 0 Å². The van der Waals surface area contributed by atoms with Gasteiger partial charge in [0.1, 0.15) is 0 Å². The quantitative estimate of drug-likeness (QED) is 0.746. The van der Waals surface area contributed by atoms with Crippen LogP contribution in [0.15, 0.2) is 36.4 Å². The summed E-state index contributed by atoms with van der Waals surface area (Å²) in [5.41, 5.74) is 1.41. The number of hydrogen-bond donors (Lipinski definition) is 0. The molecule has 0 spiro atoms. The van der Waals surface area contributed by atoms with Gasteiger partial charge < -0.3 is 4.74 Å². The normalized spacial score (nSPS) is 36.8. The molecule has 1 aromatic rings. The van der Waals surface area contributed by atoms with E-state index in [1.165, 1.54) is 24.8 Å². The third-order valence-electron chi connectivity index (χ3n) is 4.91. The van der Waals surface area contributed by atoms with E-state index in [0.29, 0.717) is 11.8 Å². The zero-order valence-electron chi connectivity index (χ0n) is 12.2. The summed E-state index contributed by atoms with van der Waals surface area (Å²) in [6.45, 7) is 6.81. The molecule has 1 nitrogen and oxygen atoms in total. The SMILES string of the molecule is CC12CCC(C(/C=C/c3ccccc3)C1)C(C)(C)O2. The summed E-state index contributed by atoms with van der Waals surface area (Å²) in [7, 11) is 0. The van der Waals surface area contributed by atoms with Crippen molar-refractivity contribution in [3.8, 4) is 0 Å². The van der Waals surface area contributed by atoms with Gasteiger partial charge in [-0.1, -0.05) is 42.5 Å². The maximum Gasteiger partial charge on any atom is 0.0667 e. The highest BCUT2D eigenvalue weighted by Gasteiger charge is 2.52. The molecule has 1 aromatic carbocycles. The van der Waals surface area contributed by atoms with Crippen molar-refractivity contribution in [2.24, 2.45) is 11.8 Å². The highest BCUT2D eigenvalue weighted by Crippen LogP contribution is 2.52. The molecule has 3 aliphatic rings. The predicted molar refractivity (Wildman–Crippen MR) is 79.9 cm³/mol. The number of allylic oxidation sites excluding steroid dienone is 1. The fourth-order valence-electron chi connectivity index (χ4n) is 4.09. The first-order valence-electron chi connectivity index (χ1n) is 7.42. The highest BCUT2D eigenvalue weighted by molar-refractivity contribution is 5.49. The van der Waals surface area contributed by atoms with Gasteiger partial charge in [0.25, 0.3) is 0 Å². The van der Waals surface area contributed by atoms with Crippen molar-refractivity contribution in [3.05, 3.63) is 42.0 Å². The van der Waals surface area contributed by atoms with Crippen LogP contribution in [-0.4, -0.2) is 11.2 Å². The number of ether oxygens (including phenoxy) is 1. The molecule has 3 fully saturated rings. The summed E-state index contributed by atoms with van der Waals surface area (Å²) < 4.78 is 6.31. The molecular weight excluding hydrogens is 232 g/mol. The Bertz CT molecular complexity index is 471. The van der Waals surface area contributed by atoms with Gasteiger partial charge in [-0.15, -0.1) is 0 Å². The molecule has 19 heavy (non-hydrogen) atoms. The van der Waals surface area contributed by atoms with Crippen molar-refractivity contribution < 1.29 is 4.74 Å². The van der Waals surface area contributed by atoms with E-state index >= 15 is 0 Å². The molecule has 3 atom stereocenters. The molecule has 0 radical (unpaired) electrons. The lowest BCUT2D eigenvalue weighted by molar-refractivity contribution is -0.243. The van der Waals surface area contributed by atoms with Gasteiger partial charge in [-0.3, -0.25) is 0 Å². The van der Waals surface area contributed by atoms with Crippen LogP contribution in [0, 0.1) is 11.8 Å². The largest absolute Gasteiger partial charge is 0.369 e. The minimum Gasteiger partial charge on any atom is -0.369 e. The fourth-order valence-corrected chi connectivity index (χ4v) is 4.09. The Morgan fingerprint density at radius 3 is 2.53 bits per heavy atom. The van der Waals surface area contributed by atoms with Gasteiger partial charge in [0.2, 0.25) is 0 Å². The molecule has 2 heterocycles. The maximum atomic E-state index is 6.31. The van der Waals surface area contributed by atoms with E-state index in [4.69, 9.17) is 4.74 Å². The van der Waals surface area contributed by atoms with E-state index in [9.17, 15) is 0 Å². The van der Waals surface area contributed by atoms with Crippen LogP contribution in [0.2, 0.25) is 0 Å². The van der Waals surface area contributed by atoms with Crippen molar-refractivity contribution >= 4 is 6.08 Å². The summed E-state index contributed by atoms with van der Waals surface area (Å²) in [6.07, 6.45) is 8.39. The molecule has 1 saturated carbocycles. The molecule has 102 valence electrons. The third-order valence-corrected chi connectivity index (χ3v) is 4.91. The van der Waals surface area contributed by atoms with Crippen LogP contribution in [0.5, 0.6) is 0 Å². The standard InChI is InChI=1S/C18H24O/c1-17(2)16-11-12-18(3,19-17)13-15(16)10-9-14-7-5-4-6-8-14/h4-10,15-16H,11-13H2,1-3H3/b10-9+. The minimum absolute atomic E-state index is 0.0247. The van der Waals surface area contributed by atoms with E-state index < -0.39 is 0 Å². The molecule has 0 amide bonds. The summed E-state index contributed by atoms with van der Waals surface area (Å²) in [5, 5.41) is 0. The van der Waals surface area contributed by atoms with Crippen molar-refractivity contribution in [3.63, 3.8) is 0 Å². The van der Waals surface area contributed by atoms with E-state index in [1.807, 2.05) is 0 Å². The van der Waals surface area contributed by atoms with Gasteiger partial charge in [0.15, 0.2) is 0 Å². The van der Waals surface area contributed by atoms with E-state index in [2.05, 4.69) is 63.3 Å². The lowest BCUT2D eigenvalue weighted by Gasteiger charge is -2.57. The number of fused-ring (bicyclic) bond motifs is 3. The smallest absolute Gasteiger partial charge is 0.0667 e. The average molecular weight is 256 g/mol. The lowest BCUT2D eigenvalue weighted by atomic mass is 9.63.